The van der Waals surface area contributed by atoms with Gasteiger partial charge in [0.05, 0.1) is 23.4 Å². The van der Waals surface area contributed by atoms with Crippen molar-refractivity contribution < 1.29 is 31.9 Å². The first-order chi connectivity index (χ1) is 14.6. The van der Waals surface area contributed by atoms with Crippen LogP contribution in [0.5, 0.6) is 5.75 Å². The third-order valence-electron chi connectivity index (χ3n) is 4.26. The number of amides is 1. The van der Waals surface area contributed by atoms with Crippen molar-refractivity contribution in [3.63, 3.8) is 0 Å². The van der Waals surface area contributed by atoms with E-state index in [9.17, 15) is 22.4 Å². The second-order valence-corrected chi connectivity index (χ2v) is 8.52. The minimum atomic E-state index is -3.90. The maximum Gasteiger partial charge on any atom is 0.338 e. The maximum atomic E-state index is 13.1. The lowest BCUT2D eigenvalue weighted by molar-refractivity contribution is -0.119. The maximum absolute atomic E-state index is 13.1. The molecule has 2 aromatic carbocycles. The summed E-state index contributed by atoms with van der Waals surface area (Å²) in [5, 5.41) is 2.38. The largest absolute Gasteiger partial charge is 0.495 e. The number of carbonyl (C=O) groups excluding carboxylic acids is 2. The molecule has 0 spiro atoms. The first-order valence-corrected chi connectivity index (χ1v) is 11.1. The fourth-order valence-electron chi connectivity index (χ4n) is 2.70. The summed E-state index contributed by atoms with van der Waals surface area (Å²) in [6.07, 6.45) is 0. The summed E-state index contributed by atoms with van der Waals surface area (Å²) in [4.78, 5) is 24.2. The summed E-state index contributed by atoms with van der Waals surface area (Å²) in [6, 6.07) is 7.22. The Morgan fingerprint density at radius 2 is 1.81 bits per heavy atom. The number of nitrogens with zero attached hydrogens (tertiary/aromatic N) is 1. The van der Waals surface area contributed by atoms with Crippen LogP contribution in [-0.4, -0.2) is 51.4 Å². The number of hydrogen-bond acceptors (Lipinski definition) is 6. The van der Waals surface area contributed by atoms with Crippen LogP contribution in [0.3, 0.4) is 0 Å². The van der Waals surface area contributed by atoms with Crippen LogP contribution in [0.15, 0.2) is 41.3 Å². The Balaban J connectivity index is 2.15. The van der Waals surface area contributed by atoms with Gasteiger partial charge in [0.25, 0.3) is 5.91 Å². The van der Waals surface area contributed by atoms with E-state index < -0.39 is 34.3 Å². The Morgan fingerprint density at radius 3 is 2.39 bits per heavy atom. The molecule has 168 valence electrons. The molecule has 8 nitrogen and oxygen atoms in total. The Hall–Kier alpha value is -2.69. The van der Waals surface area contributed by atoms with E-state index in [0.29, 0.717) is 0 Å². The van der Waals surface area contributed by atoms with Crippen LogP contribution in [0, 0.1) is 5.82 Å². The number of anilines is 1. The molecule has 1 amide bonds. The van der Waals surface area contributed by atoms with Crippen molar-refractivity contribution in [3.8, 4) is 5.75 Å². The molecule has 0 saturated heterocycles. The topological polar surface area (TPSA) is 102 Å². The lowest BCUT2D eigenvalue weighted by Gasteiger charge is -2.20. The first-order valence-electron chi connectivity index (χ1n) is 9.24. The van der Waals surface area contributed by atoms with Crippen molar-refractivity contribution in [3.05, 3.63) is 52.8 Å². The van der Waals surface area contributed by atoms with Gasteiger partial charge < -0.3 is 14.8 Å². The van der Waals surface area contributed by atoms with Crippen LogP contribution in [0.4, 0.5) is 10.1 Å². The zero-order valence-electron chi connectivity index (χ0n) is 17.1. The minimum Gasteiger partial charge on any atom is -0.495 e. The van der Waals surface area contributed by atoms with Gasteiger partial charge >= 0.3 is 5.97 Å². The van der Waals surface area contributed by atoms with E-state index in [1.54, 1.807) is 13.8 Å². The van der Waals surface area contributed by atoms with Crippen LogP contribution in [0.1, 0.15) is 24.2 Å². The van der Waals surface area contributed by atoms with Gasteiger partial charge in [-0.05, 0) is 36.4 Å². The zero-order chi connectivity index (χ0) is 23.2. The fraction of sp³-hybridized carbons (Fsp3) is 0.300. The lowest BCUT2D eigenvalue weighted by atomic mass is 10.2. The molecule has 0 aliphatic heterocycles. The molecule has 11 heteroatoms. The molecule has 2 rings (SSSR count). The number of nitrogens with one attached hydrogen (secondary N) is 1. The third kappa shape index (κ3) is 5.93. The van der Waals surface area contributed by atoms with E-state index in [-0.39, 0.29) is 40.0 Å². The predicted molar refractivity (Wildman–Crippen MR) is 113 cm³/mol. The monoisotopic (exact) mass is 472 g/mol. The van der Waals surface area contributed by atoms with Gasteiger partial charge in [-0.3, -0.25) is 4.79 Å². The highest BCUT2D eigenvalue weighted by molar-refractivity contribution is 7.89. The Morgan fingerprint density at radius 1 is 1.13 bits per heavy atom. The smallest absolute Gasteiger partial charge is 0.338 e. The third-order valence-corrected chi connectivity index (χ3v) is 6.65. The molecule has 0 saturated carbocycles. The Kier molecular flexibility index (Phi) is 8.37. The highest BCUT2D eigenvalue weighted by Gasteiger charge is 2.27. The Bertz CT molecular complexity index is 1070. The number of hydrogen-bond donors (Lipinski definition) is 1. The molecule has 0 atom stereocenters. The van der Waals surface area contributed by atoms with Crippen molar-refractivity contribution in [2.75, 3.05) is 32.1 Å². The summed E-state index contributed by atoms with van der Waals surface area (Å²) in [7, 11) is -2.59. The van der Waals surface area contributed by atoms with Crippen LogP contribution in [0.2, 0.25) is 5.02 Å². The number of ether oxygens (including phenoxy) is 2. The van der Waals surface area contributed by atoms with E-state index in [4.69, 9.17) is 21.1 Å². The molecule has 0 aliphatic rings. The summed E-state index contributed by atoms with van der Waals surface area (Å²) < 4.78 is 50.1. The number of esters is 1. The van der Waals surface area contributed by atoms with Crippen molar-refractivity contribution in [1.82, 2.24) is 4.31 Å². The van der Waals surface area contributed by atoms with Gasteiger partial charge in [-0.1, -0.05) is 25.4 Å². The molecule has 0 unspecified atom stereocenters. The number of benzene rings is 2. The minimum absolute atomic E-state index is 0.0129. The molecule has 0 radical (unpaired) electrons. The average molecular weight is 473 g/mol. The summed E-state index contributed by atoms with van der Waals surface area (Å²) in [5.74, 6) is -2.10. The highest BCUT2D eigenvalue weighted by Crippen LogP contribution is 2.28. The van der Waals surface area contributed by atoms with E-state index in [2.05, 4.69) is 5.32 Å². The number of rotatable bonds is 9. The van der Waals surface area contributed by atoms with Gasteiger partial charge in [0.15, 0.2) is 6.61 Å². The number of methoxy groups -OCH3 is 1. The summed E-state index contributed by atoms with van der Waals surface area (Å²) >= 11 is 5.84. The van der Waals surface area contributed by atoms with Crippen molar-refractivity contribution in [1.29, 1.82) is 0 Å². The van der Waals surface area contributed by atoms with Crippen molar-refractivity contribution in [2.45, 2.75) is 18.7 Å². The summed E-state index contributed by atoms with van der Waals surface area (Å²) in [5.41, 5.74) is 0.0836. The van der Waals surface area contributed by atoms with Crippen molar-refractivity contribution >= 4 is 39.2 Å². The normalized spacial score (nSPS) is 11.3. The molecule has 0 fully saturated rings. The van der Waals surface area contributed by atoms with Gasteiger partial charge in [0.1, 0.15) is 16.5 Å². The molecule has 0 aliphatic carbocycles. The van der Waals surface area contributed by atoms with Gasteiger partial charge in [-0.15, -0.1) is 0 Å². The number of halogens is 2. The number of carbonyl (C=O) groups is 2. The van der Waals surface area contributed by atoms with Gasteiger partial charge in [-0.25, -0.2) is 17.6 Å². The standard InChI is InChI=1S/C20H22ClFN2O6S/c1-4-24(5-2)31(27,28)18-10-13(6-9-17(18)29-3)20(26)30-12-19(25)23-16-8-7-14(22)11-15(16)21/h6-11H,4-5,12H2,1-3H3,(H,23,25). The van der Waals surface area contributed by atoms with E-state index in [1.165, 1.54) is 29.6 Å². The van der Waals surface area contributed by atoms with Crippen molar-refractivity contribution in [2.24, 2.45) is 0 Å². The second kappa shape index (κ2) is 10.6. The molecule has 1 N–H and O–H groups in total. The highest BCUT2D eigenvalue weighted by atomic mass is 35.5. The second-order valence-electron chi connectivity index (χ2n) is 6.20. The molecule has 0 bridgehead atoms. The van der Waals surface area contributed by atoms with E-state index in [1.807, 2.05) is 0 Å². The van der Waals surface area contributed by atoms with Crippen LogP contribution >= 0.6 is 11.6 Å². The molecular formula is C20H22ClFN2O6S. The molecule has 31 heavy (non-hydrogen) atoms. The van der Waals surface area contributed by atoms with Gasteiger partial charge in [-0.2, -0.15) is 4.31 Å². The average Bonchev–Trinajstić information content (AvgIpc) is 2.74. The van der Waals surface area contributed by atoms with Gasteiger partial charge in [0, 0.05) is 13.1 Å². The summed E-state index contributed by atoms with van der Waals surface area (Å²) in [6.45, 7) is 3.21. The van der Waals surface area contributed by atoms with E-state index >= 15 is 0 Å². The molecular weight excluding hydrogens is 451 g/mol. The number of sulfonamides is 1. The van der Waals surface area contributed by atoms with E-state index in [0.717, 1.165) is 18.2 Å². The van der Waals surface area contributed by atoms with Crippen LogP contribution in [-0.2, 0) is 19.6 Å². The van der Waals surface area contributed by atoms with Crippen LogP contribution in [0.25, 0.3) is 0 Å². The predicted octanol–water partition coefficient (Wildman–Crippen LogP) is 3.31. The molecule has 0 aromatic heterocycles. The zero-order valence-corrected chi connectivity index (χ0v) is 18.7. The fourth-order valence-corrected chi connectivity index (χ4v) is 4.55. The SMILES string of the molecule is CCN(CC)S(=O)(=O)c1cc(C(=O)OCC(=O)Nc2ccc(F)cc2Cl)ccc1OC. The van der Waals surface area contributed by atoms with Gasteiger partial charge in [0.2, 0.25) is 10.0 Å². The lowest BCUT2D eigenvalue weighted by Crippen LogP contribution is -2.31. The molecule has 0 heterocycles. The Labute approximate surface area is 184 Å². The van der Waals surface area contributed by atoms with Crippen LogP contribution < -0.4 is 10.1 Å². The molecule has 2 aromatic rings. The quantitative estimate of drug-likeness (QED) is 0.562. The first kappa shape index (κ1) is 24.6.